The van der Waals surface area contributed by atoms with Crippen LogP contribution in [0.5, 0.6) is 5.88 Å². The van der Waals surface area contributed by atoms with E-state index in [9.17, 15) is 14.7 Å². The van der Waals surface area contributed by atoms with Crippen molar-refractivity contribution >= 4 is 29.0 Å². The summed E-state index contributed by atoms with van der Waals surface area (Å²) in [5, 5.41) is 19.6. The smallest absolute Gasteiger partial charge is 0.290 e. The molecule has 2 aromatic rings. The molecule has 3 rings (SSSR count). The Labute approximate surface area is 141 Å². The average molecular weight is 343 g/mol. The van der Waals surface area contributed by atoms with Gasteiger partial charge < -0.3 is 9.84 Å². The monoisotopic (exact) mass is 343 g/mol. The van der Waals surface area contributed by atoms with E-state index in [-0.39, 0.29) is 17.4 Å². The first-order valence-electron chi connectivity index (χ1n) is 7.06. The number of imide groups is 1. The molecule has 0 saturated carbocycles. The number of carbonyl (C=O) groups excluding carboxylic acids is 2. The highest BCUT2D eigenvalue weighted by Gasteiger charge is 2.25. The maximum atomic E-state index is 11.4. The van der Waals surface area contributed by atoms with Gasteiger partial charge in [-0.2, -0.15) is 0 Å². The first kappa shape index (κ1) is 16.2. The third-order valence-electron chi connectivity index (χ3n) is 3.16. The van der Waals surface area contributed by atoms with Gasteiger partial charge in [0.1, 0.15) is 12.7 Å². The molecule has 7 nitrogen and oxygen atoms in total. The molecule has 8 heteroatoms. The van der Waals surface area contributed by atoms with Crippen molar-refractivity contribution in [3.63, 3.8) is 0 Å². The van der Waals surface area contributed by atoms with E-state index in [4.69, 9.17) is 4.74 Å². The zero-order chi connectivity index (χ0) is 16.9. The third kappa shape index (κ3) is 3.98. The molecule has 1 aliphatic heterocycles. The Balaban J connectivity index is 1.60. The van der Waals surface area contributed by atoms with Gasteiger partial charge in [0.15, 0.2) is 0 Å². The number of benzene rings is 1. The molecule has 2 amide bonds. The van der Waals surface area contributed by atoms with Gasteiger partial charge in [0.05, 0.1) is 10.6 Å². The summed E-state index contributed by atoms with van der Waals surface area (Å²) in [5.74, 6) is -0.190. The number of nitrogens with one attached hydrogen (secondary N) is 1. The van der Waals surface area contributed by atoms with E-state index in [1.54, 1.807) is 24.3 Å². The van der Waals surface area contributed by atoms with Crippen molar-refractivity contribution in [2.24, 2.45) is 0 Å². The number of rotatable bonds is 5. The van der Waals surface area contributed by atoms with Gasteiger partial charge in [-0.15, -0.1) is 10.2 Å². The molecule has 122 valence electrons. The van der Waals surface area contributed by atoms with Gasteiger partial charge in [-0.3, -0.25) is 14.9 Å². The topological polar surface area (TPSA) is 101 Å². The summed E-state index contributed by atoms with van der Waals surface area (Å²) in [6, 6.07) is 12.3. The summed E-state index contributed by atoms with van der Waals surface area (Å²) in [5.41, 5.74) is 1.18. The molecule has 0 bridgehead atoms. The van der Waals surface area contributed by atoms with E-state index in [1.165, 1.54) is 6.08 Å². The highest BCUT2D eigenvalue weighted by Crippen LogP contribution is 2.25. The van der Waals surface area contributed by atoms with Gasteiger partial charge in [0.25, 0.3) is 11.1 Å². The van der Waals surface area contributed by atoms with Crippen LogP contribution in [0, 0.1) is 0 Å². The van der Waals surface area contributed by atoms with Crippen LogP contribution in [0.4, 0.5) is 4.79 Å². The molecule has 0 aliphatic carbocycles. The molecule has 0 radical (unpaired) electrons. The largest absolute Gasteiger partial charge is 0.473 e. The maximum Gasteiger partial charge on any atom is 0.290 e. The summed E-state index contributed by atoms with van der Waals surface area (Å²) in [4.78, 5) is 22.8. The SMILES string of the molecule is O=C1NC(=O)C(=Cc2ccc(OCC(O)c3ccccc3)nn2)S1. The molecule has 1 aliphatic rings. The number of hydrogen-bond acceptors (Lipinski definition) is 7. The van der Waals surface area contributed by atoms with E-state index in [1.807, 2.05) is 18.2 Å². The van der Waals surface area contributed by atoms with Crippen molar-refractivity contribution in [2.75, 3.05) is 6.61 Å². The van der Waals surface area contributed by atoms with Crippen molar-refractivity contribution in [3.8, 4) is 5.88 Å². The standard InChI is InChI=1S/C16H13N3O4S/c20-12(10-4-2-1-3-5-10)9-23-14-7-6-11(18-19-14)8-13-15(21)17-16(22)24-13/h1-8,12,20H,9H2,(H,17,21,22). The summed E-state index contributed by atoms with van der Waals surface area (Å²) in [7, 11) is 0. The van der Waals surface area contributed by atoms with Crippen LogP contribution < -0.4 is 10.1 Å². The Kier molecular flexibility index (Phi) is 4.88. The molecular formula is C16H13N3O4S. The van der Waals surface area contributed by atoms with Crippen LogP contribution in [0.1, 0.15) is 17.4 Å². The number of thioether (sulfide) groups is 1. The normalized spacial score (nSPS) is 17.0. The Morgan fingerprint density at radius 3 is 2.58 bits per heavy atom. The summed E-state index contributed by atoms with van der Waals surface area (Å²) < 4.78 is 5.40. The number of hydrogen-bond donors (Lipinski definition) is 2. The Morgan fingerprint density at radius 1 is 1.17 bits per heavy atom. The van der Waals surface area contributed by atoms with Gasteiger partial charge in [0, 0.05) is 6.07 Å². The molecule has 1 fully saturated rings. The lowest BCUT2D eigenvalue weighted by atomic mass is 10.1. The van der Waals surface area contributed by atoms with Crippen molar-refractivity contribution in [1.82, 2.24) is 15.5 Å². The lowest BCUT2D eigenvalue weighted by Gasteiger charge is -2.11. The van der Waals surface area contributed by atoms with E-state index >= 15 is 0 Å². The highest BCUT2D eigenvalue weighted by atomic mass is 32.2. The number of aliphatic hydroxyl groups is 1. The van der Waals surface area contributed by atoms with Gasteiger partial charge in [-0.05, 0) is 29.5 Å². The van der Waals surface area contributed by atoms with Gasteiger partial charge in [0.2, 0.25) is 5.88 Å². The second kappa shape index (κ2) is 7.24. The number of carbonyl (C=O) groups is 2. The zero-order valence-corrected chi connectivity index (χ0v) is 13.2. The number of aromatic nitrogens is 2. The van der Waals surface area contributed by atoms with Crippen LogP contribution in [0.3, 0.4) is 0 Å². The Bertz CT molecular complexity index is 778. The average Bonchev–Trinajstić information content (AvgIpc) is 2.92. The number of nitrogens with zero attached hydrogens (tertiary/aromatic N) is 2. The predicted octanol–water partition coefficient (Wildman–Crippen LogP) is 1.91. The number of ether oxygens (including phenoxy) is 1. The molecule has 2 N–H and O–H groups in total. The van der Waals surface area contributed by atoms with Crippen molar-refractivity contribution < 1.29 is 19.4 Å². The van der Waals surface area contributed by atoms with Crippen molar-refractivity contribution in [1.29, 1.82) is 0 Å². The minimum absolute atomic E-state index is 0.0475. The molecular weight excluding hydrogens is 330 g/mol. The zero-order valence-electron chi connectivity index (χ0n) is 12.4. The van der Waals surface area contributed by atoms with E-state index < -0.39 is 17.3 Å². The summed E-state index contributed by atoms with van der Waals surface area (Å²) in [6.07, 6.45) is 0.708. The highest BCUT2D eigenvalue weighted by molar-refractivity contribution is 8.18. The molecule has 2 heterocycles. The minimum Gasteiger partial charge on any atom is -0.473 e. The molecule has 1 unspecified atom stereocenters. The lowest BCUT2D eigenvalue weighted by molar-refractivity contribution is -0.115. The molecule has 1 atom stereocenters. The van der Waals surface area contributed by atoms with Crippen LogP contribution in [0.15, 0.2) is 47.4 Å². The number of aliphatic hydroxyl groups excluding tert-OH is 1. The van der Waals surface area contributed by atoms with E-state index in [0.717, 1.165) is 17.3 Å². The Morgan fingerprint density at radius 2 is 1.96 bits per heavy atom. The summed E-state index contributed by atoms with van der Waals surface area (Å²) >= 11 is 0.814. The fourth-order valence-electron chi connectivity index (χ4n) is 1.98. The van der Waals surface area contributed by atoms with E-state index in [0.29, 0.717) is 5.69 Å². The van der Waals surface area contributed by atoms with Gasteiger partial charge in [-0.1, -0.05) is 30.3 Å². The molecule has 24 heavy (non-hydrogen) atoms. The van der Waals surface area contributed by atoms with E-state index in [2.05, 4.69) is 15.5 Å². The summed E-state index contributed by atoms with van der Waals surface area (Å²) in [6.45, 7) is 0.0475. The van der Waals surface area contributed by atoms with Gasteiger partial charge >= 0.3 is 0 Å². The van der Waals surface area contributed by atoms with Crippen LogP contribution in [-0.4, -0.2) is 33.1 Å². The number of amides is 2. The third-order valence-corrected chi connectivity index (χ3v) is 3.97. The molecule has 1 aromatic carbocycles. The Hall–Kier alpha value is -2.71. The maximum absolute atomic E-state index is 11.4. The van der Waals surface area contributed by atoms with Crippen LogP contribution in [0.2, 0.25) is 0 Å². The predicted molar refractivity (Wildman–Crippen MR) is 88.0 cm³/mol. The molecule has 1 aromatic heterocycles. The van der Waals surface area contributed by atoms with Crippen LogP contribution in [0.25, 0.3) is 6.08 Å². The fraction of sp³-hybridized carbons (Fsp3) is 0.125. The molecule has 0 spiro atoms. The van der Waals surface area contributed by atoms with Gasteiger partial charge in [-0.25, -0.2) is 0 Å². The van der Waals surface area contributed by atoms with Crippen LogP contribution in [-0.2, 0) is 4.79 Å². The fourth-order valence-corrected chi connectivity index (χ4v) is 2.64. The van der Waals surface area contributed by atoms with Crippen LogP contribution >= 0.6 is 11.8 Å². The quantitative estimate of drug-likeness (QED) is 0.800. The molecule has 1 saturated heterocycles. The van der Waals surface area contributed by atoms with Crippen molar-refractivity contribution in [3.05, 3.63) is 58.6 Å². The first-order valence-corrected chi connectivity index (χ1v) is 7.88. The minimum atomic E-state index is -0.764. The lowest BCUT2D eigenvalue weighted by Crippen LogP contribution is -2.17. The second-order valence-electron chi connectivity index (χ2n) is 4.89. The van der Waals surface area contributed by atoms with Crippen molar-refractivity contribution in [2.45, 2.75) is 6.10 Å². The first-order chi connectivity index (χ1) is 11.6. The second-order valence-corrected chi connectivity index (χ2v) is 5.90.